The van der Waals surface area contributed by atoms with E-state index in [0.29, 0.717) is 5.75 Å². The largest absolute Gasteiger partial charge is 0.397 e. The fourth-order valence-electron chi connectivity index (χ4n) is 1.04. The zero-order chi connectivity index (χ0) is 8.81. The number of benzene rings is 1. The first kappa shape index (κ1) is 9.39. The van der Waals surface area contributed by atoms with Crippen LogP contribution < -0.4 is 4.18 Å². The SMILES string of the molecule is CCCc1ccc(OSF)cc1. The smallest absolute Gasteiger partial charge is 0.272 e. The lowest BCUT2D eigenvalue weighted by Gasteiger charge is -2.00. The van der Waals surface area contributed by atoms with Gasteiger partial charge in [0.05, 0.1) is 0 Å². The van der Waals surface area contributed by atoms with Gasteiger partial charge in [0.1, 0.15) is 5.75 Å². The van der Waals surface area contributed by atoms with Gasteiger partial charge < -0.3 is 4.18 Å². The lowest BCUT2D eigenvalue weighted by molar-refractivity contribution is 0.610. The van der Waals surface area contributed by atoms with Crippen LogP contribution in [-0.4, -0.2) is 0 Å². The summed E-state index contributed by atoms with van der Waals surface area (Å²) in [6.45, 7) is 2.13. The van der Waals surface area contributed by atoms with E-state index in [1.54, 1.807) is 12.1 Å². The van der Waals surface area contributed by atoms with E-state index in [-0.39, 0.29) is 12.4 Å². The number of rotatable bonds is 4. The highest BCUT2D eigenvalue weighted by atomic mass is 32.2. The quantitative estimate of drug-likeness (QED) is 0.665. The van der Waals surface area contributed by atoms with Gasteiger partial charge in [-0.2, -0.15) is 0 Å². The van der Waals surface area contributed by atoms with Crippen molar-refractivity contribution in [2.45, 2.75) is 19.8 Å². The molecule has 0 unspecified atom stereocenters. The lowest BCUT2D eigenvalue weighted by atomic mass is 10.1. The van der Waals surface area contributed by atoms with Gasteiger partial charge in [-0.3, -0.25) is 0 Å². The van der Waals surface area contributed by atoms with Crippen molar-refractivity contribution in [1.82, 2.24) is 0 Å². The first-order valence-electron chi connectivity index (χ1n) is 3.91. The van der Waals surface area contributed by atoms with Crippen LogP contribution in [0.25, 0.3) is 0 Å². The van der Waals surface area contributed by atoms with Crippen LogP contribution >= 0.6 is 12.4 Å². The van der Waals surface area contributed by atoms with E-state index in [4.69, 9.17) is 0 Å². The number of halogens is 1. The summed E-state index contributed by atoms with van der Waals surface area (Å²) < 4.78 is 16.2. The Kier molecular flexibility index (Phi) is 3.94. The van der Waals surface area contributed by atoms with Crippen LogP contribution in [0.4, 0.5) is 3.89 Å². The third kappa shape index (κ3) is 2.74. The van der Waals surface area contributed by atoms with E-state index < -0.39 is 0 Å². The summed E-state index contributed by atoms with van der Waals surface area (Å²) in [4.78, 5) is 0. The number of aryl methyl sites for hydroxylation is 1. The highest BCUT2D eigenvalue weighted by molar-refractivity contribution is 7.89. The molecule has 0 amide bonds. The molecule has 0 aliphatic heterocycles. The Labute approximate surface area is 76.4 Å². The molecule has 12 heavy (non-hydrogen) atoms. The summed E-state index contributed by atoms with van der Waals surface area (Å²) in [6, 6.07) is 7.46. The van der Waals surface area contributed by atoms with Gasteiger partial charge in [-0.15, -0.1) is 3.89 Å². The van der Waals surface area contributed by atoms with Crippen LogP contribution in [-0.2, 0) is 6.42 Å². The molecule has 1 aromatic carbocycles. The molecule has 0 heterocycles. The molecular formula is C9H11FOS. The van der Waals surface area contributed by atoms with Crippen molar-refractivity contribution in [2.75, 3.05) is 0 Å². The number of hydrogen-bond acceptors (Lipinski definition) is 2. The molecule has 1 aromatic rings. The molecule has 0 radical (unpaired) electrons. The van der Waals surface area contributed by atoms with Crippen LogP contribution in [0, 0.1) is 0 Å². The van der Waals surface area contributed by atoms with Gasteiger partial charge in [-0.25, -0.2) is 0 Å². The Morgan fingerprint density at radius 1 is 1.33 bits per heavy atom. The first-order valence-corrected chi connectivity index (χ1v) is 4.55. The molecule has 66 valence electrons. The Balaban J connectivity index is 2.58. The molecule has 3 heteroatoms. The molecule has 0 saturated heterocycles. The average Bonchev–Trinajstić information content (AvgIpc) is 2.09. The Morgan fingerprint density at radius 2 is 2.00 bits per heavy atom. The Morgan fingerprint density at radius 3 is 2.50 bits per heavy atom. The fraction of sp³-hybridized carbons (Fsp3) is 0.333. The van der Waals surface area contributed by atoms with Crippen LogP contribution in [0.5, 0.6) is 5.75 Å². The highest BCUT2D eigenvalue weighted by Crippen LogP contribution is 2.17. The van der Waals surface area contributed by atoms with Crippen LogP contribution in [0.3, 0.4) is 0 Å². The minimum Gasteiger partial charge on any atom is -0.397 e. The van der Waals surface area contributed by atoms with Crippen molar-refractivity contribution in [3.63, 3.8) is 0 Å². The Hall–Kier alpha value is -0.700. The van der Waals surface area contributed by atoms with Gasteiger partial charge in [0.15, 0.2) is 0 Å². The zero-order valence-corrected chi connectivity index (χ0v) is 7.73. The maximum atomic E-state index is 11.6. The van der Waals surface area contributed by atoms with E-state index >= 15 is 0 Å². The molecule has 0 atom stereocenters. The van der Waals surface area contributed by atoms with Gasteiger partial charge in [-0.05, 0) is 24.1 Å². The standard InChI is InChI=1S/C9H11FOS/c1-2-3-8-4-6-9(7-5-8)11-12-10/h4-7H,2-3H2,1H3. The molecule has 0 fully saturated rings. The van der Waals surface area contributed by atoms with E-state index in [2.05, 4.69) is 11.1 Å². The predicted octanol–water partition coefficient (Wildman–Crippen LogP) is 3.55. The molecule has 0 N–H and O–H groups in total. The van der Waals surface area contributed by atoms with Gasteiger partial charge >= 0.3 is 0 Å². The van der Waals surface area contributed by atoms with Crippen LogP contribution in [0.1, 0.15) is 18.9 Å². The third-order valence-electron chi connectivity index (χ3n) is 1.59. The molecule has 1 rings (SSSR count). The molecule has 0 bridgehead atoms. The number of hydrogen-bond donors (Lipinski definition) is 0. The maximum Gasteiger partial charge on any atom is 0.272 e. The van der Waals surface area contributed by atoms with Crippen LogP contribution in [0.15, 0.2) is 24.3 Å². The zero-order valence-electron chi connectivity index (χ0n) is 6.92. The van der Waals surface area contributed by atoms with Crippen molar-refractivity contribution in [2.24, 2.45) is 0 Å². The van der Waals surface area contributed by atoms with E-state index in [9.17, 15) is 3.89 Å². The summed E-state index contributed by atoms with van der Waals surface area (Å²) >= 11 is -0.126. The summed E-state index contributed by atoms with van der Waals surface area (Å²) in [5.41, 5.74) is 1.26. The van der Waals surface area contributed by atoms with Crippen molar-refractivity contribution >= 4 is 12.4 Å². The topological polar surface area (TPSA) is 9.23 Å². The van der Waals surface area contributed by atoms with E-state index in [1.807, 2.05) is 12.1 Å². The van der Waals surface area contributed by atoms with E-state index in [0.717, 1.165) is 12.8 Å². The molecule has 0 saturated carbocycles. The molecular weight excluding hydrogens is 175 g/mol. The molecule has 0 aromatic heterocycles. The lowest BCUT2D eigenvalue weighted by Crippen LogP contribution is -1.83. The monoisotopic (exact) mass is 186 g/mol. The summed E-state index contributed by atoms with van der Waals surface area (Å²) in [5, 5.41) is 0. The normalized spacial score (nSPS) is 9.83. The third-order valence-corrected chi connectivity index (χ3v) is 1.85. The van der Waals surface area contributed by atoms with Gasteiger partial charge in [0, 0.05) is 0 Å². The highest BCUT2D eigenvalue weighted by Gasteiger charge is 1.94. The second-order valence-electron chi connectivity index (χ2n) is 2.54. The Bertz CT molecular complexity index is 197. The van der Waals surface area contributed by atoms with Crippen molar-refractivity contribution < 1.29 is 8.07 Å². The van der Waals surface area contributed by atoms with Gasteiger partial charge in [-0.1, -0.05) is 25.5 Å². The van der Waals surface area contributed by atoms with Crippen molar-refractivity contribution in [3.05, 3.63) is 29.8 Å². The second-order valence-corrected chi connectivity index (χ2v) is 2.83. The first-order chi connectivity index (χ1) is 5.86. The summed E-state index contributed by atoms with van der Waals surface area (Å²) in [5.74, 6) is 0.558. The van der Waals surface area contributed by atoms with Crippen molar-refractivity contribution in [3.8, 4) is 5.75 Å². The fourth-order valence-corrected chi connectivity index (χ4v) is 1.22. The minimum absolute atomic E-state index is 0.126. The maximum absolute atomic E-state index is 11.6. The minimum atomic E-state index is -0.126. The van der Waals surface area contributed by atoms with Crippen LogP contribution in [0.2, 0.25) is 0 Å². The predicted molar refractivity (Wildman–Crippen MR) is 49.8 cm³/mol. The molecule has 0 spiro atoms. The van der Waals surface area contributed by atoms with Crippen molar-refractivity contribution in [1.29, 1.82) is 0 Å². The molecule has 0 aliphatic carbocycles. The van der Waals surface area contributed by atoms with E-state index in [1.165, 1.54) is 5.56 Å². The summed E-state index contributed by atoms with van der Waals surface area (Å²) in [6.07, 6.45) is 2.18. The summed E-state index contributed by atoms with van der Waals surface area (Å²) in [7, 11) is 0. The van der Waals surface area contributed by atoms with Gasteiger partial charge in [0.2, 0.25) is 0 Å². The molecule has 0 aliphatic rings. The second kappa shape index (κ2) is 5.04. The van der Waals surface area contributed by atoms with Gasteiger partial charge in [0.25, 0.3) is 12.4 Å². The average molecular weight is 186 g/mol. The molecule has 1 nitrogen and oxygen atoms in total.